The predicted octanol–water partition coefficient (Wildman–Crippen LogP) is 0.00110. The normalized spacial score (nSPS) is 14.7. The van der Waals surface area contributed by atoms with E-state index >= 15 is 0 Å². The Labute approximate surface area is 199 Å². The van der Waals surface area contributed by atoms with Gasteiger partial charge in [0.2, 0.25) is 17.7 Å². The number of carbonyl (C=O) groups is 4. The van der Waals surface area contributed by atoms with Crippen LogP contribution in [0.25, 0.3) is 0 Å². The van der Waals surface area contributed by atoms with Crippen LogP contribution >= 0.6 is 25.3 Å². The Morgan fingerprint density at radius 1 is 0.875 bits per heavy atom. The molecule has 1 aromatic carbocycles. The minimum Gasteiger partial charge on any atom is -0.480 e. The van der Waals surface area contributed by atoms with E-state index < -0.39 is 47.9 Å². The van der Waals surface area contributed by atoms with Crippen LogP contribution in [-0.2, 0) is 25.6 Å². The maximum Gasteiger partial charge on any atom is 0.327 e. The summed E-state index contributed by atoms with van der Waals surface area (Å²) in [5, 5.41) is 16.9. The van der Waals surface area contributed by atoms with Crippen LogP contribution in [0.1, 0.15) is 25.8 Å². The maximum absolute atomic E-state index is 13.0. The molecule has 1 rings (SSSR count). The van der Waals surface area contributed by atoms with Gasteiger partial charge in [-0.1, -0.05) is 44.2 Å². The quantitative estimate of drug-likeness (QED) is 0.196. The highest BCUT2D eigenvalue weighted by molar-refractivity contribution is 7.80. The fourth-order valence-corrected chi connectivity index (χ4v) is 3.27. The molecule has 0 saturated carbocycles. The van der Waals surface area contributed by atoms with E-state index in [1.807, 2.05) is 19.9 Å². The molecular formula is C21H32N4O5S2. The molecule has 9 nitrogen and oxygen atoms in total. The van der Waals surface area contributed by atoms with Gasteiger partial charge >= 0.3 is 5.97 Å². The van der Waals surface area contributed by atoms with Crippen LogP contribution in [0.2, 0.25) is 0 Å². The van der Waals surface area contributed by atoms with Gasteiger partial charge in [-0.3, -0.25) is 14.4 Å². The second kappa shape index (κ2) is 14.0. The number of thiol groups is 2. The summed E-state index contributed by atoms with van der Waals surface area (Å²) in [6, 6.07) is 4.92. The molecule has 4 unspecified atom stereocenters. The van der Waals surface area contributed by atoms with Crippen molar-refractivity contribution < 1.29 is 24.3 Å². The Morgan fingerprint density at radius 2 is 1.41 bits per heavy atom. The first-order valence-electron chi connectivity index (χ1n) is 10.2. The fourth-order valence-electron chi connectivity index (χ4n) is 2.85. The Morgan fingerprint density at radius 3 is 1.91 bits per heavy atom. The lowest BCUT2D eigenvalue weighted by molar-refractivity contribution is -0.141. The van der Waals surface area contributed by atoms with Gasteiger partial charge in [-0.15, -0.1) is 0 Å². The smallest absolute Gasteiger partial charge is 0.327 e. The third-order valence-corrected chi connectivity index (χ3v) is 5.34. The zero-order chi connectivity index (χ0) is 24.3. The van der Waals surface area contributed by atoms with Crippen molar-refractivity contribution in [2.24, 2.45) is 11.7 Å². The molecule has 0 aliphatic heterocycles. The summed E-state index contributed by atoms with van der Waals surface area (Å²) in [5.41, 5.74) is 6.47. The fraction of sp³-hybridized carbons (Fsp3) is 0.524. The molecular weight excluding hydrogens is 452 g/mol. The van der Waals surface area contributed by atoms with Gasteiger partial charge in [-0.25, -0.2) is 4.79 Å². The zero-order valence-electron chi connectivity index (χ0n) is 18.2. The molecule has 0 spiro atoms. The summed E-state index contributed by atoms with van der Waals surface area (Å²) >= 11 is 7.96. The second-order valence-electron chi connectivity index (χ2n) is 7.81. The first-order valence-corrected chi connectivity index (χ1v) is 11.5. The molecule has 6 N–H and O–H groups in total. The molecule has 0 fully saturated rings. The van der Waals surface area contributed by atoms with Crippen LogP contribution in [0.4, 0.5) is 0 Å². The minimum absolute atomic E-state index is 0.0697. The lowest BCUT2D eigenvalue weighted by Crippen LogP contribution is -2.58. The van der Waals surface area contributed by atoms with Crippen molar-refractivity contribution >= 4 is 48.9 Å². The van der Waals surface area contributed by atoms with Gasteiger partial charge in [0.05, 0.1) is 6.04 Å². The van der Waals surface area contributed by atoms with Crippen molar-refractivity contribution in [3.63, 3.8) is 0 Å². The zero-order valence-corrected chi connectivity index (χ0v) is 19.9. The predicted molar refractivity (Wildman–Crippen MR) is 129 cm³/mol. The van der Waals surface area contributed by atoms with Crippen LogP contribution in [0.5, 0.6) is 0 Å². The molecule has 178 valence electrons. The highest BCUT2D eigenvalue weighted by atomic mass is 32.1. The number of nitrogens with two attached hydrogens (primary N) is 1. The minimum atomic E-state index is -1.23. The van der Waals surface area contributed by atoms with Crippen LogP contribution < -0.4 is 21.7 Å². The van der Waals surface area contributed by atoms with E-state index in [4.69, 9.17) is 5.73 Å². The molecule has 0 saturated heterocycles. The van der Waals surface area contributed by atoms with Gasteiger partial charge in [-0.2, -0.15) is 25.3 Å². The second-order valence-corrected chi connectivity index (χ2v) is 8.54. The number of carbonyl (C=O) groups excluding carboxylic acids is 3. The van der Waals surface area contributed by atoms with Crippen LogP contribution in [0.3, 0.4) is 0 Å². The van der Waals surface area contributed by atoms with Crippen LogP contribution in [0, 0.1) is 5.92 Å². The van der Waals surface area contributed by atoms with Crippen molar-refractivity contribution in [2.45, 2.75) is 50.9 Å². The maximum atomic E-state index is 13.0. The van der Waals surface area contributed by atoms with Crippen LogP contribution in [0.15, 0.2) is 30.3 Å². The van der Waals surface area contributed by atoms with E-state index in [1.165, 1.54) is 0 Å². The highest BCUT2D eigenvalue weighted by Crippen LogP contribution is 2.09. The Hall–Kier alpha value is -2.24. The number of nitrogens with one attached hydrogen (secondary N) is 3. The number of carboxylic acids is 1. The van der Waals surface area contributed by atoms with Gasteiger partial charge in [0.15, 0.2) is 0 Å². The van der Waals surface area contributed by atoms with Gasteiger partial charge < -0.3 is 26.8 Å². The number of carboxylic acid groups (broad SMARTS) is 1. The summed E-state index contributed by atoms with van der Waals surface area (Å²) in [4.78, 5) is 49.4. The molecule has 1 aromatic rings. The van der Waals surface area contributed by atoms with Gasteiger partial charge in [0.25, 0.3) is 0 Å². The van der Waals surface area contributed by atoms with E-state index in [-0.39, 0.29) is 23.8 Å². The summed E-state index contributed by atoms with van der Waals surface area (Å²) in [6.45, 7) is 3.78. The number of hydrogen-bond donors (Lipinski definition) is 7. The highest BCUT2D eigenvalue weighted by Gasteiger charge is 2.30. The van der Waals surface area contributed by atoms with Crippen LogP contribution in [-0.4, -0.2) is 64.5 Å². The van der Waals surface area contributed by atoms with Gasteiger partial charge in [0.1, 0.15) is 18.1 Å². The number of hydrogen-bond acceptors (Lipinski definition) is 7. The monoisotopic (exact) mass is 484 g/mol. The molecule has 0 heterocycles. The number of aliphatic carboxylic acids is 1. The average molecular weight is 485 g/mol. The molecule has 32 heavy (non-hydrogen) atoms. The van der Waals surface area contributed by atoms with Crippen molar-refractivity contribution in [3.05, 3.63) is 35.9 Å². The first-order chi connectivity index (χ1) is 15.1. The SMILES string of the molecule is CC(C)CC(NC(=O)C(N)CS)C(=O)NC(Cc1ccccc1)C(=O)NC(CS)C(=O)O. The molecule has 0 radical (unpaired) electrons. The number of benzene rings is 1. The van der Waals surface area contributed by atoms with Crippen molar-refractivity contribution in [1.82, 2.24) is 16.0 Å². The topological polar surface area (TPSA) is 151 Å². The summed E-state index contributed by atoms with van der Waals surface area (Å²) in [6.07, 6.45) is 0.459. The summed E-state index contributed by atoms with van der Waals surface area (Å²) in [5.74, 6) is -2.91. The molecule has 0 aliphatic carbocycles. The third-order valence-electron chi connectivity index (χ3n) is 4.59. The van der Waals surface area contributed by atoms with E-state index in [1.54, 1.807) is 24.3 Å². The van der Waals surface area contributed by atoms with E-state index in [9.17, 15) is 24.3 Å². The molecule has 0 bridgehead atoms. The van der Waals surface area contributed by atoms with E-state index in [2.05, 4.69) is 41.2 Å². The lowest BCUT2D eigenvalue weighted by Gasteiger charge is -2.26. The van der Waals surface area contributed by atoms with Crippen molar-refractivity contribution in [1.29, 1.82) is 0 Å². The van der Waals surface area contributed by atoms with Crippen molar-refractivity contribution in [3.8, 4) is 0 Å². The Kier molecular flexibility index (Phi) is 12.2. The average Bonchev–Trinajstić information content (AvgIpc) is 2.75. The molecule has 0 aromatic heterocycles. The Balaban J connectivity index is 3.07. The molecule has 11 heteroatoms. The number of amides is 3. The molecule has 0 aliphatic rings. The van der Waals surface area contributed by atoms with Crippen molar-refractivity contribution in [2.75, 3.05) is 11.5 Å². The number of rotatable bonds is 13. The Bertz CT molecular complexity index is 779. The standard InChI is InChI=1S/C21H32N4O5S2/c1-12(2)8-15(23-18(26)14(22)10-31)19(27)24-16(9-13-6-4-3-5-7-13)20(28)25-17(11-32)21(29)30/h3-7,12,14-17,31-32H,8-11,22H2,1-2H3,(H,23,26)(H,24,27)(H,25,28)(H,29,30). The van der Waals surface area contributed by atoms with Gasteiger partial charge in [0, 0.05) is 17.9 Å². The third kappa shape index (κ3) is 9.49. The van der Waals surface area contributed by atoms with Gasteiger partial charge in [-0.05, 0) is 17.9 Å². The molecule has 3 amide bonds. The lowest BCUT2D eigenvalue weighted by atomic mass is 10.0. The summed E-state index contributed by atoms with van der Waals surface area (Å²) in [7, 11) is 0. The molecule has 4 atom stereocenters. The first kappa shape index (κ1) is 27.8. The largest absolute Gasteiger partial charge is 0.480 e. The van der Waals surface area contributed by atoms with E-state index in [0.29, 0.717) is 6.42 Å². The van der Waals surface area contributed by atoms with E-state index in [0.717, 1.165) is 5.56 Å². The summed E-state index contributed by atoms with van der Waals surface area (Å²) < 4.78 is 0.